The standard InChI is InChI=1S/C10H19N3O5/c1-7(3-4-18-2)13-10(17)12-5-8(14)11-6-9(15)16/h7H,3-6H2,1-2H3,(H,11,14)(H,15,16)(H2,12,13,17). The summed E-state index contributed by atoms with van der Waals surface area (Å²) in [6.45, 7) is 1.60. The molecule has 0 aromatic heterocycles. The van der Waals surface area contributed by atoms with Crippen molar-refractivity contribution in [2.45, 2.75) is 19.4 Å². The molecule has 3 amide bonds. The Labute approximate surface area is 105 Å². The maximum atomic E-state index is 11.3. The molecule has 0 rings (SSSR count). The predicted octanol–water partition coefficient (Wildman–Crippen LogP) is -1.09. The van der Waals surface area contributed by atoms with Gasteiger partial charge in [0.05, 0.1) is 6.54 Å². The molecule has 0 aromatic rings. The first kappa shape index (κ1) is 16.2. The summed E-state index contributed by atoms with van der Waals surface area (Å²) in [5.41, 5.74) is 0. The van der Waals surface area contributed by atoms with Crippen molar-refractivity contribution in [3.8, 4) is 0 Å². The van der Waals surface area contributed by atoms with Gasteiger partial charge in [0.15, 0.2) is 0 Å². The Hall–Kier alpha value is -1.83. The average Bonchev–Trinajstić information content (AvgIpc) is 2.31. The lowest BCUT2D eigenvalue weighted by Crippen LogP contribution is -2.45. The molecule has 104 valence electrons. The summed E-state index contributed by atoms with van der Waals surface area (Å²) in [5, 5.41) is 15.4. The van der Waals surface area contributed by atoms with Gasteiger partial charge in [-0.3, -0.25) is 9.59 Å². The van der Waals surface area contributed by atoms with Crippen molar-refractivity contribution >= 4 is 17.9 Å². The van der Waals surface area contributed by atoms with Gasteiger partial charge in [0.25, 0.3) is 0 Å². The van der Waals surface area contributed by atoms with Crippen molar-refractivity contribution in [3.63, 3.8) is 0 Å². The zero-order valence-corrected chi connectivity index (χ0v) is 10.5. The Kier molecular flexibility index (Phi) is 8.29. The normalized spacial score (nSPS) is 11.4. The molecule has 4 N–H and O–H groups in total. The zero-order chi connectivity index (χ0) is 14.0. The molecule has 0 aliphatic heterocycles. The first-order chi connectivity index (χ1) is 8.45. The van der Waals surface area contributed by atoms with Crippen molar-refractivity contribution in [1.29, 1.82) is 0 Å². The summed E-state index contributed by atoms with van der Waals surface area (Å²) >= 11 is 0. The largest absolute Gasteiger partial charge is 0.480 e. The van der Waals surface area contributed by atoms with Crippen molar-refractivity contribution in [1.82, 2.24) is 16.0 Å². The fourth-order valence-corrected chi connectivity index (χ4v) is 1.04. The number of carboxylic acids is 1. The Bertz CT molecular complexity index is 295. The van der Waals surface area contributed by atoms with Crippen molar-refractivity contribution in [2.24, 2.45) is 0 Å². The van der Waals surface area contributed by atoms with Gasteiger partial charge in [-0.15, -0.1) is 0 Å². The first-order valence-corrected chi connectivity index (χ1v) is 5.47. The van der Waals surface area contributed by atoms with E-state index in [0.717, 1.165) is 0 Å². The highest BCUT2D eigenvalue weighted by Gasteiger charge is 2.09. The summed E-state index contributed by atoms with van der Waals surface area (Å²) in [4.78, 5) is 32.5. The van der Waals surface area contributed by atoms with E-state index >= 15 is 0 Å². The number of hydrogen-bond donors (Lipinski definition) is 4. The highest BCUT2D eigenvalue weighted by atomic mass is 16.5. The fraction of sp³-hybridized carbons (Fsp3) is 0.700. The van der Waals surface area contributed by atoms with Gasteiger partial charge >= 0.3 is 12.0 Å². The van der Waals surface area contributed by atoms with Crippen LogP contribution in [0.3, 0.4) is 0 Å². The molecule has 0 spiro atoms. The molecular weight excluding hydrogens is 242 g/mol. The third-order valence-electron chi connectivity index (χ3n) is 1.98. The number of rotatable bonds is 8. The van der Waals surface area contributed by atoms with Crippen LogP contribution >= 0.6 is 0 Å². The van der Waals surface area contributed by atoms with Crippen LogP contribution in [0.25, 0.3) is 0 Å². The van der Waals surface area contributed by atoms with E-state index < -0.39 is 24.5 Å². The topological polar surface area (TPSA) is 117 Å². The lowest BCUT2D eigenvalue weighted by molar-refractivity contribution is -0.137. The van der Waals surface area contributed by atoms with Gasteiger partial charge in [0.2, 0.25) is 5.91 Å². The van der Waals surface area contributed by atoms with Crippen LogP contribution in [0, 0.1) is 0 Å². The number of methoxy groups -OCH3 is 1. The van der Waals surface area contributed by atoms with Crippen LogP contribution in [0.1, 0.15) is 13.3 Å². The van der Waals surface area contributed by atoms with Crippen LogP contribution in [0.15, 0.2) is 0 Å². The smallest absolute Gasteiger partial charge is 0.322 e. The van der Waals surface area contributed by atoms with E-state index in [1.807, 2.05) is 6.92 Å². The monoisotopic (exact) mass is 261 g/mol. The number of ether oxygens (including phenoxy) is 1. The number of amides is 3. The van der Waals surface area contributed by atoms with Crippen LogP contribution in [0.2, 0.25) is 0 Å². The molecule has 0 radical (unpaired) electrons. The summed E-state index contributed by atoms with van der Waals surface area (Å²) in [6.07, 6.45) is 0.662. The van der Waals surface area contributed by atoms with Gasteiger partial charge in [0, 0.05) is 19.8 Å². The lowest BCUT2D eigenvalue weighted by atomic mass is 10.2. The van der Waals surface area contributed by atoms with Crippen molar-refractivity contribution in [2.75, 3.05) is 26.8 Å². The van der Waals surface area contributed by atoms with Gasteiger partial charge in [-0.2, -0.15) is 0 Å². The minimum Gasteiger partial charge on any atom is -0.480 e. The number of carbonyl (C=O) groups excluding carboxylic acids is 2. The lowest BCUT2D eigenvalue weighted by Gasteiger charge is -2.13. The third-order valence-corrected chi connectivity index (χ3v) is 1.98. The van der Waals surface area contributed by atoms with Gasteiger partial charge in [-0.1, -0.05) is 0 Å². The van der Waals surface area contributed by atoms with Crippen LogP contribution in [0.4, 0.5) is 4.79 Å². The minimum absolute atomic E-state index is 0.0768. The summed E-state index contributed by atoms with van der Waals surface area (Å²) in [7, 11) is 1.57. The number of hydrogen-bond acceptors (Lipinski definition) is 4. The molecule has 8 heteroatoms. The van der Waals surface area contributed by atoms with Crippen LogP contribution < -0.4 is 16.0 Å². The molecule has 0 fully saturated rings. The molecule has 18 heavy (non-hydrogen) atoms. The van der Waals surface area contributed by atoms with Crippen LogP contribution in [-0.2, 0) is 14.3 Å². The number of nitrogens with one attached hydrogen (secondary N) is 3. The molecule has 0 saturated heterocycles. The number of carbonyl (C=O) groups is 3. The second kappa shape index (κ2) is 9.23. The highest BCUT2D eigenvalue weighted by Crippen LogP contribution is 1.89. The predicted molar refractivity (Wildman–Crippen MR) is 63.1 cm³/mol. The second-order valence-corrected chi connectivity index (χ2v) is 3.68. The van der Waals surface area contributed by atoms with Crippen molar-refractivity contribution in [3.05, 3.63) is 0 Å². The van der Waals surface area contributed by atoms with Crippen molar-refractivity contribution < 1.29 is 24.2 Å². The molecule has 0 aromatic carbocycles. The molecule has 8 nitrogen and oxygen atoms in total. The Balaban J connectivity index is 3.69. The summed E-state index contributed by atoms with van der Waals surface area (Å²) < 4.78 is 4.86. The Morgan fingerprint density at radius 2 is 1.89 bits per heavy atom. The van der Waals surface area contributed by atoms with Gasteiger partial charge in [-0.05, 0) is 13.3 Å². The summed E-state index contributed by atoms with van der Waals surface area (Å²) in [5.74, 6) is -1.70. The average molecular weight is 261 g/mol. The zero-order valence-electron chi connectivity index (χ0n) is 10.5. The van der Waals surface area contributed by atoms with E-state index in [2.05, 4.69) is 16.0 Å². The number of urea groups is 1. The second-order valence-electron chi connectivity index (χ2n) is 3.68. The molecule has 0 aliphatic rings. The highest BCUT2D eigenvalue weighted by molar-refractivity contribution is 5.86. The maximum absolute atomic E-state index is 11.3. The molecule has 0 heterocycles. The molecule has 0 saturated carbocycles. The minimum atomic E-state index is -1.14. The van der Waals surface area contributed by atoms with Gasteiger partial charge in [0.1, 0.15) is 6.54 Å². The first-order valence-electron chi connectivity index (χ1n) is 5.47. The molecular formula is C10H19N3O5. The molecule has 1 unspecified atom stereocenters. The van der Waals surface area contributed by atoms with E-state index in [1.54, 1.807) is 7.11 Å². The Morgan fingerprint density at radius 3 is 2.44 bits per heavy atom. The Morgan fingerprint density at radius 1 is 1.22 bits per heavy atom. The van der Waals surface area contributed by atoms with E-state index in [0.29, 0.717) is 13.0 Å². The SMILES string of the molecule is COCCC(C)NC(=O)NCC(=O)NCC(=O)O. The summed E-state index contributed by atoms with van der Waals surface area (Å²) in [6, 6.07) is -0.559. The molecule has 0 bridgehead atoms. The number of carboxylic acid groups (broad SMARTS) is 1. The van der Waals surface area contributed by atoms with E-state index in [-0.39, 0.29) is 12.6 Å². The van der Waals surface area contributed by atoms with E-state index in [9.17, 15) is 14.4 Å². The van der Waals surface area contributed by atoms with Crippen LogP contribution in [0.5, 0.6) is 0 Å². The molecule has 0 aliphatic carbocycles. The van der Waals surface area contributed by atoms with Crippen LogP contribution in [-0.4, -0.2) is 55.9 Å². The number of aliphatic carboxylic acids is 1. The maximum Gasteiger partial charge on any atom is 0.322 e. The third kappa shape index (κ3) is 9.40. The van der Waals surface area contributed by atoms with Gasteiger partial charge < -0.3 is 25.8 Å². The fourth-order valence-electron chi connectivity index (χ4n) is 1.04. The molecule has 1 atom stereocenters. The van der Waals surface area contributed by atoms with E-state index in [1.165, 1.54) is 0 Å². The van der Waals surface area contributed by atoms with E-state index in [4.69, 9.17) is 9.84 Å². The quantitative estimate of drug-likeness (QED) is 0.443. The van der Waals surface area contributed by atoms with Gasteiger partial charge in [-0.25, -0.2) is 4.79 Å².